The normalized spacial score (nSPS) is 13.5. The molecule has 1 aromatic carbocycles. The Morgan fingerprint density at radius 1 is 1.35 bits per heavy atom. The molecule has 0 N–H and O–H groups in total. The third kappa shape index (κ3) is 3.32. The monoisotopic (exact) mass is 230 g/mol. The summed E-state index contributed by atoms with van der Waals surface area (Å²) in [7, 11) is 1.75. The maximum Gasteiger partial charge on any atom is 0.229 e. The first-order valence-electron chi connectivity index (χ1n) is 5.76. The van der Waals surface area contributed by atoms with Crippen molar-refractivity contribution in [2.75, 3.05) is 7.05 Å². The van der Waals surface area contributed by atoms with Crippen molar-refractivity contribution < 1.29 is 4.79 Å². The molecule has 1 amide bonds. The summed E-state index contributed by atoms with van der Waals surface area (Å²) in [6.45, 7) is 3.78. The third-order valence-electron chi connectivity index (χ3n) is 3.07. The number of rotatable bonds is 4. The van der Waals surface area contributed by atoms with Crippen LogP contribution in [0, 0.1) is 11.3 Å². The van der Waals surface area contributed by atoms with Crippen LogP contribution in [-0.2, 0) is 4.79 Å². The van der Waals surface area contributed by atoms with Crippen molar-refractivity contribution in [2.24, 2.45) is 0 Å². The molecule has 0 saturated carbocycles. The average Bonchev–Trinajstić information content (AvgIpc) is 2.37. The second-order valence-electron chi connectivity index (χ2n) is 4.29. The highest BCUT2D eigenvalue weighted by Gasteiger charge is 2.22. The highest BCUT2D eigenvalue weighted by atomic mass is 16.2. The molecule has 0 heterocycles. The van der Waals surface area contributed by atoms with Crippen LogP contribution in [0.4, 0.5) is 0 Å². The summed E-state index contributed by atoms with van der Waals surface area (Å²) in [6.07, 6.45) is 0.365. The Kier molecular flexibility index (Phi) is 4.71. The summed E-state index contributed by atoms with van der Waals surface area (Å²) in [5.41, 5.74) is 1.01. The summed E-state index contributed by atoms with van der Waals surface area (Å²) >= 11 is 0. The number of carbonyl (C=O) groups excluding carboxylic acids is 1. The van der Waals surface area contributed by atoms with Crippen LogP contribution < -0.4 is 0 Å². The van der Waals surface area contributed by atoms with Gasteiger partial charge in [-0.15, -0.1) is 0 Å². The average molecular weight is 230 g/mol. The molecule has 0 saturated heterocycles. The number of amides is 1. The minimum atomic E-state index is -0.164. The molecule has 0 aliphatic rings. The minimum Gasteiger partial charge on any atom is -0.342 e. The molecule has 0 bridgehead atoms. The lowest BCUT2D eigenvalue weighted by Gasteiger charge is -2.26. The first-order chi connectivity index (χ1) is 8.07. The van der Waals surface area contributed by atoms with Crippen molar-refractivity contribution in [1.82, 2.24) is 4.90 Å². The third-order valence-corrected chi connectivity index (χ3v) is 3.07. The number of nitriles is 1. The second-order valence-corrected chi connectivity index (χ2v) is 4.29. The van der Waals surface area contributed by atoms with Crippen LogP contribution in [0.3, 0.4) is 0 Å². The molecule has 1 rings (SSSR count). The topological polar surface area (TPSA) is 44.1 Å². The van der Waals surface area contributed by atoms with Gasteiger partial charge in [-0.25, -0.2) is 0 Å². The van der Waals surface area contributed by atoms with Crippen LogP contribution >= 0.6 is 0 Å². The maximum atomic E-state index is 12.2. The molecule has 0 aromatic heterocycles. The van der Waals surface area contributed by atoms with E-state index in [1.807, 2.05) is 44.2 Å². The van der Waals surface area contributed by atoms with Crippen LogP contribution in [0.15, 0.2) is 30.3 Å². The van der Waals surface area contributed by atoms with Gasteiger partial charge in [-0.1, -0.05) is 30.3 Å². The van der Waals surface area contributed by atoms with Gasteiger partial charge >= 0.3 is 0 Å². The molecule has 1 aromatic rings. The molecule has 90 valence electrons. The fourth-order valence-corrected chi connectivity index (χ4v) is 1.68. The predicted octanol–water partition coefficient (Wildman–Crippen LogP) is 2.55. The van der Waals surface area contributed by atoms with E-state index in [2.05, 4.69) is 6.07 Å². The second kappa shape index (κ2) is 6.05. The van der Waals surface area contributed by atoms with Crippen molar-refractivity contribution >= 4 is 5.91 Å². The minimum absolute atomic E-state index is 0.0429. The van der Waals surface area contributed by atoms with Gasteiger partial charge in [0, 0.05) is 13.1 Å². The van der Waals surface area contributed by atoms with E-state index in [1.165, 1.54) is 0 Å². The molecule has 3 nitrogen and oxygen atoms in total. The Morgan fingerprint density at radius 2 is 1.94 bits per heavy atom. The summed E-state index contributed by atoms with van der Waals surface area (Å²) < 4.78 is 0. The predicted molar refractivity (Wildman–Crippen MR) is 67.3 cm³/mol. The number of carbonyl (C=O) groups is 1. The van der Waals surface area contributed by atoms with Crippen molar-refractivity contribution in [3.05, 3.63) is 35.9 Å². The smallest absolute Gasteiger partial charge is 0.229 e. The lowest BCUT2D eigenvalue weighted by molar-refractivity contribution is -0.132. The van der Waals surface area contributed by atoms with Gasteiger partial charge in [0.2, 0.25) is 5.91 Å². The SMILES string of the molecule is CC(C(=O)N(C)C(C)CC#N)c1ccccc1. The molecule has 0 aliphatic carbocycles. The van der Waals surface area contributed by atoms with Gasteiger partial charge in [-0.3, -0.25) is 4.79 Å². The summed E-state index contributed by atoms with van der Waals surface area (Å²) in [5, 5.41) is 8.64. The molecule has 0 spiro atoms. The van der Waals surface area contributed by atoms with Crippen molar-refractivity contribution in [2.45, 2.75) is 32.2 Å². The number of likely N-dealkylation sites (N-methyl/N-ethyl adjacent to an activating group) is 1. The zero-order valence-electron chi connectivity index (χ0n) is 10.6. The lowest BCUT2D eigenvalue weighted by Crippen LogP contribution is -2.37. The lowest BCUT2D eigenvalue weighted by atomic mass is 9.99. The van der Waals surface area contributed by atoms with Crippen LogP contribution in [-0.4, -0.2) is 23.9 Å². The number of nitrogens with zero attached hydrogens (tertiary/aromatic N) is 2. The van der Waals surface area contributed by atoms with Gasteiger partial charge in [-0.2, -0.15) is 5.26 Å². The largest absolute Gasteiger partial charge is 0.342 e. The highest BCUT2D eigenvalue weighted by molar-refractivity contribution is 5.83. The molecule has 0 radical (unpaired) electrons. The van der Waals surface area contributed by atoms with E-state index in [9.17, 15) is 4.79 Å². The molecule has 2 atom stereocenters. The van der Waals surface area contributed by atoms with Gasteiger partial charge in [0.05, 0.1) is 18.4 Å². The van der Waals surface area contributed by atoms with E-state index in [-0.39, 0.29) is 17.9 Å². The number of hydrogen-bond donors (Lipinski definition) is 0. The van der Waals surface area contributed by atoms with Crippen molar-refractivity contribution in [3.8, 4) is 6.07 Å². The summed E-state index contributed by atoms with van der Waals surface area (Å²) in [4.78, 5) is 13.8. The van der Waals surface area contributed by atoms with Crippen LogP contribution in [0.1, 0.15) is 31.7 Å². The summed E-state index contributed by atoms with van der Waals surface area (Å²) in [6, 6.07) is 11.7. The van der Waals surface area contributed by atoms with E-state index < -0.39 is 0 Å². The van der Waals surface area contributed by atoms with Crippen molar-refractivity contribution in [3.63, 3.8) is 0 Å². The molecule has 3 heteroatoms. The van der Waals surface area contributed by atoms with Gasteiger partial charge in [0.15, 0.2) is 0 Å². The van der Waals surface area contributed by atoms with Gasteiger partial charge in [-0.05, 0) is 19.4 Å². The zero-order chi connectivity index (χ0) is 12.8. The summed E-state index contributed by atoms with van der Waals surface area (Å²) in [5.74, 6) is -0.110. The van der Waals surface area contributed by atoms with Crippen LogP contribution in [0.5, 0.6) is 0 Å². The fraction of sp³-hybridized carbons (Fsp3) is 0.429. The molecule has 17 heavy (non-hydrogen) atoms. The van der Waals surface area contributed by atoms with Gasteiger partial charge in [0.1, 0.15) is 0 Å². The molecule has 0 aliphatic heterocycles. The molecular weight excluding hydrogens is 212 g/mol. The molecule has 0 fully saturated rings. The van der Waals surface area contributed by atoms with E-state index >= 15 is 0 Å². The number of benzene rings is 1. The van der Waals surface area contributed by atoms with Gasteiger partial charge in [0.25, 0.3) is 0 Å². The standard InChI is InChI=1S/C14H18N2O/c1-11(9-10-15)16(3)14(17)12(2)13-7-5-4-6-8-13/h4-8,11-12H,9H2,1-3H3. The fourth-order valence-electron chi connectivity index (χ4n) is 1.68. The van der Waals surface area contributed by atoms with E-state index in [1.54, 1.807) is 11.9 Å². The maximum absolute atomic E-state index is 12.2. The first kappa shape index (κ1) is 13.2. The van der Waals surface area contributed by atoms with Gasteiger partial charge < -0.3 is 4.90 Å². The Labute approximate surface area is 103 Å². The Balaban J connectivity index is 2.74. The van der Waals surface area contributed by atoms with E-state index in [0.717, 1.165) is 5.56 Å². The highest BCUT2D eigenvalue weighted by Crippen LogP contribution is 2.18. The quantitative estimate of drug-likeness (QED) is 0.797. The molecule has 2 unspecified atom stereocenters. The van der Waals surface area contributed by atoms with E-state index in [4.69, 9.17) is 5.26 Å². The number of hydrogen-bond acceptors (Lipinski definition) is 2. The van der Waals surface area contributed by atoms with Crippen LogP contribution in [0.2, 0.25) is 0 Å². The Bertz CT molecular complexity index is 408. The van der Waals surface area contributed by atoms with E-state index in [0.29, 0.717) is 6.42 Å². The van der Waals surface area contributed by atoms with Crippen LogP contribution in [0.25, 0.3) is 0 Å². The Hall–Kier alpha value is -1.82. The first-order valence-corrected chi connectivity index (χ1v) is 5.76. The zero-order valence-corrected chi connectivity index (χ0v) is 10.6. The molecular formula is C14H18N2O. The van der Waals surface area contributed by atoms with Crippen molar-refractivity contribution in [1.29, 1.82) is 5.26 Å². The Morgan fingerprint density at radius 3 is 2.47 bits per heavy atom.